The maximum absolute atomic E-state index is 13.1. The van der Waals surface area contributed by atoms with E-state index in [4.69, 9.17) is 4.74 Å². The molecule has 148 valence electrons. The van der Waals surface area contributed by atoms with Crippen LogP contribution in [0.25, 0.3) is 21.9 Å². The molecule has 0 aliphatic carbocycles. The maximum atomic E-state index is 13.1. The van der Waals surface area contributed by atoms with E-state index >= 15 is 0 Å². The highest BCUT2D eigenvalue weighted by atomic mass is 16.5. The highest BCUT2D eigenvalue weighted by Crippen LogP contribution is 2.37. The van der Waals surface area contributed by atoms with Gasteiger partial charge in [0.25, 0.3) is 11.8 Å². The Labute approximate surface area is 171 Å². The molecule has 1 aliphatic heterocycles. The van der Waals surface area contributed by atoms with Crippen molar-refractivity contribution in [2.24, 2.45) is 0 Å². The molecule has 0 saturated carbocycles. The van der Waals surface area contributed by atoms with Crippen LogP contribution in [0.2, 0.25) is 0 Å². The van der Waals surface area contributed by atoms with Crippen LogP contribution in [-0.4, -0.2) is 30.4 Å². The molecule has 2 amide bonds. The number of ether oxygens (including phenoxy) is 1. The second kappa shape index (κ2) is 8.08. The van der Waals surface area contributed by atoms with Gasteiger partial charge in [-0.2, -0.15) is 0 Å². The molecule has 4 rings (SSSR count). The van der Waals surface area contributed by atoms with E-state index in [1.807, 2.05) is 54.6 Å². The van der Waals surface area contributed by atoms with E-state index in [0.29, 0.717) is 17.7 Å². The molecule has 1 heterocycles. The molecule has 0 N–H and O–H groups in total. The number of nitrogens with zero attached hydrogens (tertiary/aromatic N) is 1. The number of unbranched alkanes of at least 4 members (excludes halogenated alkanes) is 3. The minimum Gasteiger partial charge on any atom is -0.497 e. The Kier molecular flexibility index (Phi) is 5.34. The zero-order valence-electron chi connectivity index (χ0n) is 16.9. The molecule has 0 radical (unpaired) electrons. The molecule has 0 atom stereocenters. The van der Waals surface area contributed by atoms with Crippen LogP contribution in [0.4, 0.5) is 0 Å². The van der Waals surface area contributed by atoms with Gasteiger partial charge < -0.3 is 4.74 Å². The number of benzene rings is 3. The summed E-state index contributed by atoms with van der Waals surface area (Å²) in [7, 11) is 1.64. The summed E-state index contributed by atoms with van der Waals surface area (Å²) in [6.45, 7) is 2.63. The van der Waals surface area contributed by atoms with Crippen LogP contribution >= 0.6 is 0 Å². The van der Waals surface area contributed by atoms with Crippen molar-refractivity contribution in [1.82, 2.24) is 4.90 Å². The second-order valence-electron chi connectivity index (χ2n) is 7.44. The van der Waals surface area contributed by atoms with Crippen molar-refractivity contribution >= 4 is 22.6 Å². The fourth-order valence-corrected chi connectivity index (χ4v) is 4.07. The maximum Gasteiger partial charge on any atom is 0.261 e. The zero-order chi connectivity index (χ0) is 20.4. The lowest BCUT2D eigenvalue weighted by Crippen LogP contribution is -2.40. The SMILES string of the molecule is CCCCCCN1C(=O)c2cccc3c(-c4ccc(OC)cc4)ccc(c23)C1=O. The van der Waals surface area contributed by atoms with Gasteiger partial charge in [-0.25, -0.2) is 0 Å². The standard InChI is InChI=1S/C25H25NO3/c1-3-4-5-6-16-26-24(27)21-9-7-8-20-19(14-15-22(23(20)21)25(26)28)17-10-12-18(29-2)13-11-17/h7-15H,3-6,16H2,1-2H3. The van der Waals surface area contributed by atoms with Crippen LogP contribution in [0, 0.1) is 0 Å². The lowest BCUT2D eigenvalue weighted by Gasteiger charge is -2.28. The monoisotopic (exact) mass is 387 g/mol. The third kappa shape index (κ3) is 3.39. The summed E-state index contributed by atoms with van der Waals surface area (Å²) in [5.74, 6) is 0.425. The van der Waals surface area contributed by atoms with Gasteiger partial charge in [-0.3, -0.25) is 14.5 Å². The molecule has 0 aromatic heterocycles. The van der Waals surface area contributed by atoms with Crippen molar-refractivity contribution in [2.45, 2.75) is 32.6 Å². The summed E-state index contributed by atoms with van der Waals surface area (Å²) in [5.41, 5.74) is 3.26. The van der Waals surface area contributed by atoms with E-state index in [1.165, 1.54) is 4.90 Å². The van der Waals surface area contributed by atoms with Crippen molar-refractivity contribution in [3.63, 3.8) is 0 Å². The minimum absolute atomic E-state index is 0.184. The predicted octanol–water partition coefficient (Wildman–Crippen LogP) is 5.69. The number of carbonyl (C=O) groups is 2. The van der Waals surface area contributed by atoms with Crippen molar-refractivity contribution < 1.29 is 14.3 Å². The number of carbonyl (C=O) groups excluding carboxylic acids is 2. The van der Waals surface area contributed by atoms with Gasteiger partial charge in [-0.1, -0.05) is 56.5 Å². The fourth-order valence-electron chi connectivity index (χ4n) is 4.07. The zero-order valence-corrected chi connectivity index (χ0v) is 16.9. The van der Waals surface area contributed by atoms with Gasteiger partial charge in [-0.15, -0.1) is 0 Å². The molecule has 4 heteroatoms. The summed E-state index contributed by atoms with van der Waals surface area (Å²) in [4.78, 5) is 27.6. The summed E-state index contributed by atoms with van der Waals surface area (Å²) >= 11 is 0. The molecule has 0 saturated heterocycles. The molecule has 0 bridgehead atoms. The molecule has 0 unspecified atom stereocenters. The number of imide groups is 1. The predicted molar refractivity (Wildman–Crippen MR) is 115 cm³/mol. The third-order valence-corrected chi connectivity index (χ3v) is 5.63. The molecule has 1 aliphatic rings. The fraction of sp³-hybridized carbons (Fsp3) is 0.280. The average molecular weight is 387 g/mol. The third-order valence-electron chi connectivity index (χ3n) is 5.63. The highest BCUT2D eigenvalue weighted by molar-refractivity contribution is 6.26. The van der Waals surface area contributed by atoms with E-state index in [0.717, 1.165) is 53.3 Å². The van der Waals surface area contributed by atoms with Crippen LogP contribution in [-0.2, 0) is 0 Å². The number of hydrogen-bond donors (Lipinski definition) is 0. The Morgan fingerprint density at radius 2 is 1.48 bits per heavy atom. The van der Waals surface area contributed by atoms with Gasteiger partial charge >= 0.3 is 0 Å². The van der Waals surface area contributed by atoms with Crippen molar-refractivity contribution in [3.8, 4) is 16.9 Å². The second-order valence-corrected chi connectivity index (χ2v) is 7.44. The molecule has 4 nitrogen and oxygen atoms in total. The topological polar surface area (TPSA) is 46.6 Å². The first kappa shape index (κ1) is 19.2. The summed E-state index contributed by atoms with van der Waals surface area (Å²) in [5, 5.41) is 1.69. The van der Waals surface area contributed by atoms with Crippen LogP contribution < -0.4 is 4.74 Å². The minimum atomic E-state index is -0.184. The Morgan fingerprint density at radius 3 is 2.17 bits per heavy atom. The lowest BCUT2D eigenvalue weighted by molar-refractivity contribution is 0.0608. The Hall–Kier alpha value is -3.14. The largest absolute Gasteiger partial charge is 0.497 e. The van der Waals surface area contributed by atoms with Crippen LogP contribution in [0.5, 0.6) is 5.75 Å². The van der Waals surface area contributed by atoms with E-state index in [9.17, 15) is 9.59 Å². The molecule has 3 aromatic rings. The molecular weight excluding hydrogens is 362 g/mol. The van der Waals surface area contributed by atoms with Crippen LogP contribution in [0.1, 0.15) is 53.3 Å². The van der Waals surface area contributed by atoms with Crippen LogP contribution in [0.3, 0.4) is 0 Å². The van der Waals surface area contributed by atoms with Crippen molar-refractivity contribution in [3.05, 3.63) is 65.7 Å². The van der Waals surface area contributed by atoms with E-state index < -0.39 is 0 Å². The van der Waals surface area contributed by atoms with Gasteiger partial charge in [0, 0.05) is 23.1 Å². The van der Waals surface area contributed by atoms with Crippen molar-refractivity contribution in [2.75, 3.05) is 13.7 Å². The Bertz CT molecular complexity index is 1050. The number of amides is 2. The number of methoxy groups -OCH3 is 1. The molecule has 0 fully saturated rings. The number of rotatable bonds is 7. The lowest BCUT2D eigenvalue weighted by atomic mass is 9.89. The average Bonchev–Trinajstić information content (AvgIpc) is 2.76. The first-order valence-electron chi connectivity index (χ1n) is 10.2. The van der Waals surface area contributed by atoms with Gasteiger partial charge in [0.15, 0.2) is 0 Å². The van der Waals surface area contributed by atoms with Gasteiger partial charge in [-0.05, 0) is 47.2 Å². The van der Waals surface area contributed by atoms with Gasteiger partial charge in [0.1, 0.15) is 5.75 Å². The molecular formula is C25H25NO3. The Balaban J connectivity index is 1.76. The summed E-state index contributed by atoms with van der Waals surface area (Å²) in [6, 6.07) is 17.4. The van der Waals surface area contributed by atoms with Gasteiger partial charge in [0.2, 0.25) is 0 Å². The Morgan fingerprint density at radius 1 is 0.793 bits per heavy atom. The normalized spacial score (nSPS) is 13.2. The summed E-state index contributed by atoms with van der Waals surface area (Å²) < 4.78 is 5.25. The van der Waals surface area contributed by atoms with E-state index in [2.05, 4.69) is 6.92 Å². The number of hydrogen-bond acceptors (Lipinski definition) is 3. The van der Waals surface area contributed by atoms with Crippen molar-refractivity contribution in [1.29, 1.82) is 0 Å². The molecule has 29 heavy (non-hydrogen) atoms. The van der Waals surface area contributed by atoms with E-state index in [-0.39, 0.29) is 11.8 Å². The quantitative estimate of drug-likeness (QED) is 0.386. The first-order chi connectivity index (χ1) is 14.2. The summed E-state index contributed by atoms with van der Waals surface area (Å²) in [6.07, 6.45) is 4.12. The highest BCUT2D eigenvalue weighted by Gasteiger charge is 2.32. The first-order valence-corrected chi connectivity index (χ1v) is 10.2. The smallest absolute Gasteiger partial charge is 0.261 e. The molecule has 3 aromatic carbocycles. The van der Waals surface area contributed by atoms with Crippen LogP contribution in [0.15, 0.2) is 54.6 Å². The molecule has 0 spiro atoms. The van der Waals surface area contributed by atoms with E-state index in [1.54, 1.807) is 7.11 Å². The van der Waals surface area contributed by atoms with Gasteiger partial charge in [0.05, 0.1) is 7.11 Å².